The quantitative estimate of drug-likeness (QED) is 0.380. The van der Waals surface area contributed by atoms with Crippen molar-refractivity contribution in [2.24, 2.45) is 7.05 Å². The van der Waals surface area contributed by atoms with Crippen molar-refractivity contribution in [2.45, 2.75) is 25.4 Å². The summed E-state index contributed by atoms with van der Waals surface area (Å²) in [6.07, 6.45) is 5.31. The Hall–Kier alpha value is -4.19. The Morgan fingerprint density at radius 3 is 2.91 bits per heavy atom. The number of pyridine rings is 1. The van der Waals surface area contributed by atoms with Gasteiger partial charge in [0.05, 0.1) is 39.9 Å². The molecule has 8 nitrogen and oxygen atoms in total. The van der Waals surface area contributed by atoms with E-state index in [0.717, 1.165) is 11.9 Å². The van der Waals surface area contributed by atoms with Gasteiger partial charge in [-0.15, -0.1) is 0 Å². The molecule has 1 fully saturated rings. The topological polar surface area (TPSA) is 94.9 Å². The van der Waals surface area contributed by atoms with Gasteiger partial charge in [0.1, 0.15) is 17.3 Å². The van der Waals surface area contributed by atoms with Crippen molar-refractivity contribution in [1.82, 2.24) is 29.2 Å². The molecule has 4 heterocycles. The molecule has 1 aliphatic rings. The molecule has 3 aromatic heterocycles. The number of carbonyl (C=O) groups excluding carboxylic acids is 1. The van der Waals surface area contributed by atoms with E-state index in [2.05, 4.69) is 28.4 Å². The number of nitrogen functional groups attached to an aromatic ring is 1. The molecule has 2 N–H and O–H groups in total. The molecule has 0 spiro atoms. The predicted molar refractivity (Wildman–Crippen MR) is 124 cm³/mol. The predicted octanol–water partition coefficient (Wildman–Crippen LogP) is 2.79. The number of aryl methyl sites for hydroxylation is 1. The molecule has 0 aliphatic carbocycles. The number of aromatic nitrogens is 5. The summed E-state index contributed by atoms with van der Waals surface area (Å²) in [5, 5.41) is 5.33. The normalized spacial score (nSPS) is 18.0. The van der Waals surface area contributed by atoms with Crippen molar-refractivity contribution in [3.05, 3.63) is 60.5 Å². The lowest BCUT2D eigenvalue weighted by atomic mass is 10.1. The van der Waals surface area contributed by atoms with Crippen molar-refractivity contribution in [2.75, 3.05) is 12.3 Å². The van der Waals surface area contributed by atoms with Crippen LogP contribution in [0.4, 0.5) is 10.2 Å². The third-order valence-electron chi connectivity index (χ3n) is 6.14. The Bertz CT molecular complexity index is 1490. The summed E-state index contributed by atoms with van der Waals surface area (Å²) in [6, 6.07) is 4.87. The highest BCUT2D eigenvalue weighted by atomic mass is 19.1. The Labute approximate surface area is 189 Å². The van der Waals surface area contributed by atoms with E-state index < -0.39 is 5.82 Å². The first kappa shape index (κ1) is 20.7. The fourth-order valence-corrected chi connectivity index (χ4v) is 4.45. The smallest absolute Gasteiger partial charge is 0.246 e. The van der Waals surface area contributed by atoms with Gasteiger partial charge in [-0.2, -0.15) is 5.10 Å². The fourth-order valence-electron chi connectivity index (χ4n) is 4.45. The highest BCUT2D eigenvalue weighted by Crippen LogP contribution is 2.32. The maximum Gasteiger partial charge on any atom is 0.246 e. The van der Waals surface area contributed by atoms with Gasteiger partial charge >= 0.3 is 0 Å². The van der Waals surface area contributed by atoms with Crippen LogP contribution in [0.2, 0.25) is 0 Å². The van der Waals surface area contributed by atoms with Crippen LogP contribution in [0.3, 0.4) is 0 Å². The van der Waals surface area contributed by atoms with Gasteiger partial charge in [0.15, 0.2) is 0 Å². The van der Waals surface area contributed by atoms with Gasteiger partial charge in [0.2, 0.25) is 5.91 Å². The highest BCUT2D eigenvalue weighted by Gasteiger charge is 2.34. The number of rotatable bonds is 2. The molecule has 0 saturated carbocycles. The van der Waals surface area contributed by atoms with E-state index in [0.29, 0.717) is 34.5 Å². The summed E-state index contributed by atoms with van der Waals surface area (Å²) in [5.74, 6) is 5.63. The van der Waals surface area contributed by atoms with Crippen LogP contribution < -0.4 is 5.73 Å². The maximum atomic E-state index is 14.7. The van der Waals surface area contributed by atoms with Crippen molar-refractivity contribution < 1.29 is 9.18 Å². The van der Waals surface area contributed by atoms with Gasteiger partial charge in [-0.1, -0.05) is 12.5 Å². The standard InChI is InChI=1S/C24H22FN7O/c1-4-22(33)31-12-16(9-14(31)2)32-20-7-8-27-24(26)23(20)18(29-32)6-5-15-10-19-21(11-17(15)25)30(3)13-28-19/h4,7-8,10-11,13-14,16H,1,9,12H2,2-3H3,(H2,26,27)/t14-,16?/m0/s1. The number of halogens is 1. The summed E-state index contributed by atoms with van der Waals surface area (Å²) < 4.78 is 18.3. The number of hydrogen-bond donors (Lipinski definition) is 1. The third-order valence-corrected chi connectivity index (χ3v) is 6.14. The van der Waals surface area contributed by atoms with Gasteiger partial charge in [-0.05, 0) is 37.5 Å². The van der Waals surface area contributed by atoms with Gasteiger partial charge in [0, 0.05) is 31.9 Å². The summed E-state index contributed by atoms with van der Waals surface area (Å²) in [6.45, 7) is 6.09. The van der Waals surface area contributed by atoms with Crippen molar-refractivity contribution in [3.8, 4) is 11.8 Å². The van der Waals surface area contributed by atoms with Crippen molar-refractivity contribution in [3.63, 3.8) is 0 Å². The Kier molecular flexibility index (Phi) is 4.86. The number of carbonyl (C=O) groups is 1. The first-order valence-electron chi connectivity index (χ1n) is 10.6. The SMILES string of the molecule is C=CC(=O)N1CC(n2nc(C#Cc3cc4ncn(C)c4cc3F)c3c(N)nccc32)C[C@@H]1C. The van der Waals surface area contributed by atoms with Crippen LogP contribution >= 0.6 is 0 Å². The molecular formula is C24H22FN7O. The number of nitrogens with two attached hydrogens (primary N) is 1. The van der Waals surface area contributed by atoms with E-state index in [9.17, 15) is 9.18 Å². The molecule has 33 heavy (non-hydrogen) atoms. The van der Waals surface area contributed by atoms with Crippen molar-refractivity contribution in [1.29, 1.82) is 0 Å². The highest BCUT2D eigenvalue weighted by molar-refractivity contribution is 5.93. The zero-order valence-corrected chi connectivity index (χ0v) is 18.3. The molecule has 166 valence electrons. The molecule has 0 bridgehead atoms. The summed E-state index contributed by atoms with van der Waals surface area (Å²) in [5.41, 5.74) is 8.94. The molecule has 1 aliphatic heterocycles. The molecule has 4 aromatic rings. The Morgan fingerprint density at radius 2 is 2.12 bits per heavy atom. The summed E-state index contributed by atoms with van der Waals surface area (Å²) in [7, 11) is 1.81. The second-order valence-corrected chi connectivity index (χ2v) is 8.24. The second-order valence-electron chi connectivity index (χ2n) is 8.24. The van der Waals surface area contributed by atoms with E-state index in [1.807, 2.05) is 24.7 Å². The van der Waals surface area contributed by atoms with Gasteiger partial charge in [0.25, 0.3) is 0 Å². The minimum atomic E-state index is -0.434. The lowest BCUT2D eigenvalue weighted by molar-refractivity contribution is -0.126. The lowest BCUT2D eigenvalue weighted by Crippen LogP contribution is -2.32. The van der Waals surface area contributed by atoms with Crippen LogP contribution in [0, 0.1) is 17.7 Å². The number of imidazole rings is 1. The molecule has 9 heteroatoms. The van der Waals surface area contributed by atoms with Gasteiger partial charge < -0.3 is 15.2 Å². The average molecular weight is 443 g/mol. The first-order chi connectivity index (χ1) is 15.9. The minimum Gasteiger partial charge on any atom is -0.383 e. The average Bonchev–Trinajstić information content (AvgIpc) is 3.47. The molecular weight excluding hydrogens is 421 g/mol. The fraction of sp³-hybridized carbons (Fsp3) is 0.250. The van der Waals surface area contributed by atoms with Crippen LogP contribution in [0.5, 0.6) is 0 Å². The van der Waals surface area contributed by atoms with Crippen LogP contribution in [0.15, 0.2) is 43.4 Å². The van der Waals surface area contributed by atoms with E-state index in [4.69, 9.17) is 10.8 Å². The second kappa shape index (κ2) is 7.74. The lowest BCUT2D eigenvalue weighted by Gasteiger charge is -2.19. The monoisotopic (exact) mass is 443 g/mol. The van der Waals surface area contributed by atoms with E-state index >= 15 is 0 Å². The van der Waals surface area contributed by atoms with Crippen LogP contribution in [0.1, 0.15) is 30.6 Å². The van der Waals surface area contributed by atoms with E-state index in [1.54, 1.807) is 28.1 Å². The number of amides is 1. The van der Waals surface area contributed by atoms with E-state index in [1.165, 1.54) is 12.1 Å². The third kappa shape index (κ3) is 3.40. The summed E-state index contributed by atoms with van der Waals surface area (Å²) in [4.78, 5) is 22.4. The number of benzene rings is 1. The summed E-state index contributed by atoms with van der Waals surface area (Å²) >= 11 is 0. The molecule has 1 saturated heterocycles. The number of fused-ring (bicyclic) bond motifs is 2. The van der Waals surface area contributed by atoms with Crippen LogP contribution in [-0.2, 0) is 11.8 Å². The van der Waals surface area contributed by atoms with Crippen LogP contribution in [0.25, 0.3) is 21.9 Å². The van der Waals surface area contributed by atoms with Crippen molar-refractivity contribution >= 4 is 33.7 Å². The molecule has 2 atom stereocenters. The Morgan fingerprint density at radius 1 is 1.30 bits per heavy atom. The molecule has 1 aromatic carbocycles. The number of nitrogens with zero attached hydrogens (tertiary/aromatic N) is 6. The Balaban J connectivity index is 1.58. The van der Waals surface area contributed by atoms with Gasteiger partial charge in [-0.3, -0.25) is 9.48 Å². The number of anilines is 1. The molecule has 1 amide bonds. The maximum absolute atomic E-state index is 14.7. The van der Waals surface area contributed by atoms with Gasteiger partial charge in [-0.25, -0.2) is 14.4 Å². The number of hydrogen-bond acceptors (Lipinski definition) is 5. The molecule has 5 rings (SSSR count). The molecule has 0 radical (unpaired) electrons. The zero-order chi connectivity index (χ0) is 23.3. The largest absolute Gasteiger partial charge is 0.383 e. The number of likely N-dealkylation sites (tertiary alicyclic amines) is 1. The minimum absolute atomic E-state index is 0.0488. The first-order valence-corrected chi connectivity index (χ1v) is 10.6. The zero-order valence-electron chi connectivity index (χ0n) is 18.3. The molecule has 1 unspecified atom stereocenters. The van der Waals surface area contributed by atoms with E-state index in [-0.39, 0.29) is 23.6 Å². The van der Waals surface area contributed by atoms with Crippen LogP contribution in [-0.4, -0.2) is 47.7 Å².